The summed E-state index contributed by atoms with van der Waals surface area (Å²) < 4.78 is 81.9. The number of hydrogen-bond donors (Lipinski definition) is 2. The molecule has 1 saturated heterocycles. The van der Waals surface area contributed by atoms with Crippen LogP contribution >= 0.6 is 0 Å². The standard InChI is InChI=1S/C21H24F4N10O2S/c1-26-18-17-12(13-3-4-14-19(27-13)35(32-30-14)10-7-16(22)23)5-9-34(17)31-20(29-18)28-15-6-8-33(38(2,36)37)11-21(15,24)25/h3-5,9,15-16H,6-8,10-11H2,1-2H3,(H2,26,28,29,31)/t15-/m1/s1. The lowest BCUT2D eigenvalue weighted by Crippen LogP contribution is -2.55. The summed E-state index contributed by atoms with van der Waals surface area (Å²) in [5.41, 5.74) is 2.40. The minimum Gasteiger partial charge on any atom is -0.371 e. The number of aromatic nitrogens is 7. The Bertz CT molecular complexity index is 1590. The molecule has 1 atom stereocenters. The number of halogens is 4. The highest BCUT2D eigenvalue weighted by atomic mass is 32.2. The number of hydrogen-bond acceptors (Lipinski definition) is 9. The average molecular weight is 557 g/mol. The first-order chi connectivity index (χ1) is 18.0. The van der Waals surface area contributed by atoms with Crippen molar-refractivity contribution in [3.05, 3.63) is 24.4 Å². The fourth-order valence-electron chi connectivity index (χ4n) is 4.37. The second-order valence-electron chi connectivity index (χ2n) is 8.93. The normalized spacial score (nSPS) is 18.4. The van der Waals surface area contributed by atoms with Gasteiger partial charge in [0.2, 0.25) is 22.4 Å². The molecule has 4 aromatic heterocycles. The molecular formula is C21H24F4N10O2S. The maximum absolute atomic E-state index is 14.8. The number of fused-ring (bicyclic) bond motifs is 2. The number of pyridine rings is 1. The van der Waals surface area contributed by atoms with Gasteiger partial charge in [0.05, 0.1) is 31.1 Å². The van der Waals surface area contributed by atoms with Crippen LogP contribution in [0.4, 0.5) is 29.3 Å². The third kappa shape index (κ3) is 4.94. The zero-order valence-corrected chi connectivity index (χ0v) is 21.1. The number of sulfonamides is 1. The van der Waals surface area contributed by atoms with E-state index in [1.807, 2.05) is 0 Å². The topological polar surface area (TPSA) is 135 Å². The van der Waals surface area contributed by atoms with Crippen molar-refractivity contribution >= 4 is 38.5 Å². The average Bonchev–Trinajstić information content (AvgIpc) is 3.46. The van der Waals surface area contributed by atoms with Crippen LogP contribution in [0.1, 0.15) is 12.8 Å². The SMILES string of the molecule is CNc1nc(N[C@@H]2CCN(S(C)(=O)=O)CC2(F)F)nn2ccc(-c3ccc4nnn(CCC(F)F)c4n3)c12. The zero-order chi connectivity index (χ0) is 27.2. The molecule has 5 heterocycles. The van der Waals surface area contributed by atoms with Gasteiger partial charge in [-0.2, -0.15) is 9.29 Å². The second kappa shape index (κ2) is 9.61. The predicted molar refractivity (Wildman–Crippen MR) is 131 cm³/mol. The first kappa shape index (κ1) is 26.0. The lowest BCUT2D eigenvalue weighted by molar-refractivity contribution is -0.0541. The van der Waals surface area contributed by atoms with Crippen molar-refractivity contribution in [3.63, 3.8) is 0 Å². The third-order valence-electron chi connectivity index (χ3n) is 6.28. The molecule has 0 aromatic carbocycles. The van der Waals surface area contributed by atoms with Gasteiger partial charge in [-0.15, -0.1) is 10.2 Å². The van der Waals surface area contributed by atoms with Gasteiger partial charge in [-0.25, -0.2) is 40.2 Å². The number of rotatable bonds is 8. The fourth-order valence-corrected chi connectivity index (χ4v) is 5.21. The summed E-state index contributed by atoms with van der Waals surface area (Å²) in [7, 11) is -2.13. The molecule has 17 heteroatoms. The Morgan fingerprint density at radius 2 is 2.00 bits per heavy atom. The third-order valence-corrected chi connectivity index (χ3v) is 7.53. The fraction of sp³-hybridized carbons (Fsp3) is 0.476. The van der Waals surface area contributed by atoms with Gasteiger partial charge in [0.25, 0.3) is 5.92 Å². The van der Waals surface area contributed by atoms with E-state index < -0.39 is 35.0 Å². The maximum Gasteiger partial charge on any atom is 0.281 e. The van der Waals surface area contributed by atoms with Crippen LogP contribution in [0, 0.1) is 0 Å². The number of nitrogens with zero attached hydrogens (tertiary/aromatic N) is 8. The van der Waals surface area contributed by atoms with Crippen LogP contribution in [0.5, 0.6) is 0 Å². The molecule has 0 unspecified atom stereocenters. The van der Waals surface area contributed by atoms with Crippen LogP contribution in [-0.2, 0) is 16.6 Å². The molecule has 5 rings (SSSR count). The van der Waals surface area contributed by atoms with Crippen LogP contribution in [0.25, 0.3) is 27.9 Å². The maximum atomic E-state index is 14.8. The zero-order valence-electron chi connectivity index (χ0n) is 20.3. The van der Waals surface area contributed by atoms with Crippen LogP contribution in [-0.4, -0.2) is 92.1 Å². The van der Waals surface area contributed by atoms with E-state index in [9.17, 15) is 26.0 Å². The van der Waals surface area contributed by atoms with Crippen LogP contribution in [0.2, 0.25) is 0 Å². The minimum atomic E-state index is -3.74. The summed E-state index contributed by atoms with van der Waals surface area (Å²) >= 11 is 0. The van der Waals surface area contributed by atoms with Crippen LogP contribution in [0.15, 0.2) is 24.4 Å². The van der Waals surface area contributed by atoms with Gasteiger partial charge in [-0.1, -0.05) is 5.21 Å². The summed E-state index contributed by atoms with van der Waals surface area (Å²) in [5.74, 6) is -3.09. The van der Waals surface area contributed by atoms with E-state index in [2.05, 4.69) is 36.0 Å². The second-order valence-corrected chi connectivity index (χ2v) is 10.9. The highest BCUT2D eigenvalue weighted by Gasteiger charge is 2.47. The van der Waals surface area contributed by atoms with E-state index in [0.717, 1.165) is 10.6 Å². The smallest absolute Gasteiger partial charge is 0.281 e. The summed E-state index contributed by atoms with van der Waals surface area (Å²) in [6.45, 7) is -1.04. The van der Waals surface area contributed by atoms with E-state index in [-0.39, 0.29) is 31.9 Å². The molecule has 0 bridgehead atoms. The van der Waals surface area contributed by atoms with Crippen molar-refractivity contribution in [2.45, 2.75) is 37.8 Å². The van der Waals surface area contributed by atoms with Gasteiger partial charge in [0.15, 0.2) is 11.5 Å². The highest BCUT2D eigenvalue weighted by molar-refractivity contribution is 7.88. The Kier molecular flexibility index (Phi) is 6.58. The molecule has 0 spiro atoms. The van der Waals surface area contributed by atoms with Crippen molar-refractivity contribution in [2.75, 3.05) is 37.0 Å². The number of aryl methyl sites for hydroxylation is 1. The Morgan fingerprint density at radius 3 is 2.68 bits per heavy atom. The largest absolute Gasteiger partial charge is 0.371 e. The summed E-state index contributed by atoms with van der Waals surface area (Å²) in [5, 5.41) is 17.8. The first-order valence-electron chi connectivity index (χ1n) is 11.6. The first-order valence-corrected chi connectivity index (χ1v) is 13.5. The van der Waals surface area contributed by atoms with Gasteiger partial charge < -0.3 is 10.6 Å². The molecule has 38 heavy (non-hydrogen) atoms. The Labute approximate surface area is 214 Å². The van der Waals surface area contributed by atoms with E-state index >= 15 is 0 Å². The molecule has 12 nitrogen and oxygen atoms in total. The molecule has 1 fully saturated rings. The van der Waals surface area contributed by atoms with Crippen LogP contribution < -0.4 is 10.6 Å². The molecule has 0 radical (unpaired) electrons. The van der Waals surface area contributed by atoms with Gasteiger partial charge in [0.1, 0.15) is 11.0 Å². The molecule has 1 aliphatic heterocycles. The predicted octanol–water partition coefficient (Wildman–Crippen LogP) is 2.31. The molecule has 1 aliphatic rings. The number of alkyl halides is 4. The number of piperidine rings is 1. The molecular weight excluding hydrogens is 532 g/mol. The monoisotopic (exact) mass is 556 g/mol. The minimum absolute atomic E-state index is 0.0468. The molecule has 204 valence electrons. The van der Waals surface area contributed by atoms with E-state index in [0.29, 0.717) is 33.8 Å². The molecule has 0 aliphatic carbocycles. The summed E-state index contributed by atoms with van der Waals surface area (Å²) in [6.07, 6.45) is -0.500. The van der Waals surface area contributed by atoms with Crippen LogP contribution in [0.3, 0.4) is 0 Å². The van der Waals surface area contributed by atoms with Gasteiger partial charge in [-0.05, 0) is 24.6 Å². The molecule has 4 aromatic rings. The van der Waals surface area contributed by atoms with Gasteiger partial charge >= 0.3 is 0 Å². The van der Waals surface area contributed by atoms with E-state index in [4.69, 9.17) is 0 Å². The highest BCUT2D eigenvalue weighted by Crippen LogP contribution is 2.33. The van der Waals surface area contributed by atoms with Gasteiger partial charge in [-0.3, -0.25) is 0 Å². The lowest BCUT2D eigenvalue weighted by Gasteiger charge is -2.37. The summed E-state index contributed by atoms with van der Waals surface area (Å²) in [4.78, 5) is 8.93. The van der Waals surface area contributed by atoms with E-state index in [1.165, 1.54) is 9.20 Å². The molecule has 2 N–H and O–H groups in total. The number of nitrogens with one attached hydrogen (secondary N) is 2. The van der Waals surface area contributed by atoms with Crippen molar-refractivity contribution in [3.8, 4) is 11.3 Å². The quantitative estimate of drug-likeness (QED) is 0.314. The van der Waals surface area contributed by atoms with Crippen molar-refractivity contribution in [1.82, 2.24) is 38.9 Å². The van der Waals surface area contributed by atoms with Crippen molar-refractivity contribution < 1.29 is 26.0 Å². The molecule has 0 saturated carbocycles. The summed E-state index contributed by atoms with van der Waals surface area (Å²) in [6, 6.07) is 3.72. The van der Waals surface area contributed by atoms with E-state index in [1.54, 1.807) is 31.4 Å². The Hall–Kier alpha value is -3.60. The molecule has 0 amide bonds. The number of anilines is 2. The Balaban J connectivity index is 1.46. The van der Waals surface area contributed by atoms with Crippen molar-refractivity contribution in [2.24, 2.45) is 0 Å². The van der Waals surface area contributed by atoms with Crippen molar-refractivity contribution in [1.29, 1.82) is 0 Å². The Morgan fingerprint density at radius 1 is 1.21 bits per heavy atom. The van der Waals surface area contributed by atoms with Gasteiger partial charge in [0, 0.05) is 31.8 Å². The lowest BCUT2D eigenvalue weighted by atomic mass is 10.0.